The molecule has 232 valence electrons. The van der Waals surface area contributed by atoms with Crippen LogP contribution in [-0.2, 0) is 4.74 Å². The molecular weight excluding hydrogens is 581 g/mol. The Morgan fingerprint density at radius 3 is 2.63 bits per heavy atom. The number of urea groups is 1. The van der Waals surface area contributed by atoms with Gasteiger partial charge in [-0.1, -0.05) is 11.2 Å². The van der Waals surface area contributed by atoms with Crippen LogP contribution in [0.15, 0.2) is 33.4 Å². The second-order valence-electron chi connectivity index (χ2n) is 11.5. The fourth-order valence-electron chi connectivity index (χ4n) is 5.93. The number of rotatable bonds is 9. The first-order chi connectivity index (χ1) is 20.4. The minimum Gasteiger partial charge on any atom is -0.438 e. The number of benzene rings is 1. The fourth-order valence-corrected chi connectivity index (χ4v) is 5.93. The summed E-state index contributed by atoms with van der Waals surface area (Å²) in [6.45, 7) is -0.673. The van der Waals surface area contributed by atoms with Crippen LogP contribution < -0.4 is 10.6 Å². The highest BCUT2D eigenvalue weighted by molar-refractivity contribution is 5.94. The largest absolute Gasteiger partial charge is 0.438 e. The van der Waals surface area contributed by atoms with Gasteiger partial charge in [0, 0.05) is 25.5 Å². The maximum atomic E-state index is 14.0. The number of methoxy groups -OCH3 is 1. The highest BCUT2D eigenvalue weighted by Gasteiger charge is 2.48. The van der Waals surface area contributed by atoms with Crippen molar-refractivity contribution in [3.63, 3.8) is 0 Å². The number of oxazole rings is 1. The van der Waals surface area contributed by atoms with Crippen LogP contribution in [0.4, 0.5) is 26.7 Å². The Morgan fingerprint density at radius 2 is 1.98 bits per heavy atom. The monoisotopic (exact) mass is 611 g/mol. The van der Waals surface area contributed by atoms with Gasteiger partial charge in [0.1, 0.15) is 23.9 Å². The van der Waals surface area contributed by atoms with E-state index in [-0.39, 0.29) is 49.8 Å². The van der Waals surface area contributed by atoms with E-state index in [1.165, 1.54) is 13.4 Å². The SMILES string of the molecule is COC[C@H](c1ccc2oc([C@@H](NC(=O)c3nocc3C3CC3)C3CCC(F)(F)CC3)nc2c1)N1C[C@@H](C(F)(F)F)NC1=O. The van der Waals surface area contributed by atoms with Crippen LogP contribution in [0, 0.1) is 5.92 Å². The summed E-state index contributed by atoms with van der Waals surface area (Å²) in [6.07, 6.45) is -1.79. The zero-order valence-electron chi connectivity index (χ0n) is 23.1. The first kappa shape index (κ1) is 29.3. The van der Waals surface area contributed by atoms with Crippen LogP contribution in [0.3, 0.4) is 0 Å². The van der Waals surface area contributed by atoms with Crippen molar-refractivity contribution in [2.24, 2.45) is 5.92 Å². The van der Waals surface area contributed by atoms with E-state index in [9.17, 15) is 31.5 Å². The van der Waals surface area contributed by atoms with Gasteiger partial charge in [-0.15, -0.1) is 0 Å². The van der Waals surface area contributed by atoms with E-state index in [0.29, 0.717) is 22.2 Å². The van der Waals surface area contributed by atoms with E-state index in [0.717, 1.165) is 17.7 Å². The van der Waals surface area contributed by atoms with Crippen molar-refractivity contribution in [3.05, 3.63) is 47.2 Å². The number of hydrogen-bond acceptors (Lipinski definition) is 7. The molecule has 0 spiro atoms. The smallest absolute Gasteiger partial charge is 0.410 e. The molecule has 1 aliphatic heterocycles. The van der Waals surface area contributed by atoms with Gasteiger partial charge in [0.2, 0.25) is 11.8 Å². The van der Waals surface area contributed by atoms with Crippen molar-refractivity contribution in [3.8, 4) is 0 Å². The third kappa shape index (κ3) is 6.04. The molecule has 15 heteroatoms. The average molecular weight is 612 g/mol. The first-order valence-corrected chi connectivity index (χ1v) is 14.1. The standard InChI is InChI=1S/C28H30F5N5O5/c1-41-13-19(38-11-21(28(31,32)33)35-26(38)40)16-4-5-20-18(10-16)34-25(43-20)22(15-6-8-27(29,30)9-7-15)36-24(39)23-17(12-42-37-23)14-2-3-14/h4-5,10,12,14-15,19,21-22H,2-3,6-9,11,13H2,1H3,(H,35,40)(H,36,39)/t19-,21+,22+/m1/s1. The molecular formula is C28H30F5N5O5. The second kappa shape index (κ2) is 11.1. The summed E-state index contributed by atoms with van der Waals surface area (Å²) in [5, 5.41) is 8.73. The molecule has 0 radical (unpaired) electrons. The highest BCUT2D eigenvalue weighted by Crippen LogP contribution is 2.44. The lowest BCUT2D eigenvalue weighted by Gasteiger charge is -2.32. The summed E-state index contributed by atoms with van der Waals surface area (Å²) < 4.78 is 84.3. The van der Waals surface area contributed by atoms with Crippen LogP contribution in [0.25, 0.3) is 11.1 Å². The van der Waals surface area contributed by atoms with E-state index in [1.807, 2.05) is 5.32 Å². The molecule has 2 saturated carbocycles. The molecule has 1 aromatic carbocycles. The van der Waals surface area contributed by atoms with Crippen molar-refractivity contribution in [1.29, 1.82) is 0 Å². The number of aromatic nitrogens is 2. The molecule has 1 saturated heterocycles. The Bertz CT molecular complexity index is 1490. The summed E-state index contributed by atoms with van der Waals surface area (Å²) >= 11 is 0. The van der Waals surface area contributed by atoms with Crippen LogP contribution in [0.2, 0.25) is 0 Å². The van der Waals surface area contributed by atoms with Gasteiger partial charge in [0.15, 0.2) is 11.3 Å². The van der Waals surface area contributed by atoms with E-state index in [4.69, 9.17) is 13.7 Å². The zero-order chi connectivity index (χ0) is 30.5. The van der Waals surface area contributed by atoms with Gasteiger partial charge in [-0.05, 0) is 55.2 Å². The predicted octanol–water partition coefficient (Wildman–Crippen LogP) is 5.63. The Balaban J connectivity index is 1.29. The number of fused-ring (bicyclic) bond motifs is 1. The molecule has 0 unspecified atom stereocenters. The van der Waals surface area contributed by atoms with Gasteiger partial charge in [0.05, 0.1) is 19.2 Å². The maximum Gasteiger partial charge on any atom is 0.410 e. The molecule has 10 nitrogen and oxygen atoms in total. The van der Waals surface area contributed by atoms with Gasteiger partial charge < -0.3 is 29.2 Å². The third-order valence-corrected chi connectivity index (χ3v) is 8.46. The Labute approximate surface area is 242 Å². The van der Waals surface area contributed by atoms with Crippen LogP contribution >= 0.6 is 0 Å². The second-order valence-corrected chi connectivity index (χ2v) is 11.5. The lowest BCUT2D eigenvalue weighted by atomic mass is 9.82. The Hall–Kier alpha value is -3.75. The minimum absolute atomic E-state index is 0.0792. The minimum atomic E-state index is -4.61. The van der Waals surface area contributed by atoms with Crippen LogP contribution in [0.5, 0.6) is 0 Å². The lowest BCUT2D eigenvalue weighted by Crippen LogP contribution is -2.40. The normalized spacial score (nSPS) is 22.5. The summed E-state index contributed by atoms with van der Waals surface area (Å²) in [7, 11) is 1.37. The van der Waals surface area contributed by atoms with Gasteiger partial charge in [-0.2, -0.15) is 13.2 Å². The molecule has 6 rings (SSSR count). The van der Waals surface area contributed by atoms with Gasteiger partial charge >= 0.3 is 12.2 Å². The van der Waals surface area contributed by atoms with Crippen molar-refractivity contribution < 1.29 is 45.2 Å². The molecule has 2 N–H and O–H groups in total. The number of hydrogen-bond donors (Lipinski definition) is 2. The number of carbonyl (C=O) groups is 2. The zero-order valence-corrected chi connectivity index (χ0v) is 23.1. The molecule has 3 heterocycles. The summed E-state index contributed by atoms with van der Waals surface area (Å²) in [6, 6.07) is 0.147. The predicted molar refractivity (Wildman–Crippen MR) is 139 cm³/mol. The van der Waals surface area contributed by atoms with Gasteiger partial charge in [-0.25, -0.2) is 18.6 Å². The number of amides is 3. The molecule has 3 aromatic rings. The molecule has 0 bridgehead atoms. The van der Waals surface area contributed by atoms with Gasteiger partial charge in [-0.3, -0.25) is 4.79 Å². The molecule has 3 aliphatic rings. The summed E-state index contributed by atoms with van der Waals surface area (Å²) in [5.41, 5.74) is 1.92. The van der Waals surface area contributed by atoms with Gasteiger partial charge in [0.25, 0.3) is 5.91 Å². The average Bonchev–Trinajstić information content (AvgIpc) is 3.33. The van der Waals surface area contributed by atoms with E-state index in [2.05, 4.69) is 15.5 Å². The quantitative estimate of drug-likeness (QED) is 0.301. The molecule has 3 fully saturated rings. The first-order valence-electron chi connectivity index (χ1n) is 14.1. The molecule has 2 aliphatic carbocycles. The topological polar surface area (TPSA) is 123 Å². The van der Waals surface area contributed by atoms with Crippen molar-refractivity contribution in [2.75, 3.05) is 20.3 Å². The molecule has 3 amide bonds. The van der Waals surface area contributed by atoms with Crippen LogP contribution in [0.1, 0.15) is 84.0 Å². The maximum absolute atomic E-state index is 14.0. The van der Waals surface area contributed by atoms with E-state index < -0.39 is 54.6 Å². The van der Waals surface area contributed by atoms with Crippen molar-refractivity contribution in [1.82, 2.24) is 25.7 Å². The number of alkyl halides is 5. The third-order valence-electron chi connectivity index (χ3n) is 8.46. The number of halogens is 5. The van der Waals surface area contributed by atoms with E-state index in [1.54, 1.807) is 18.2 Å². The molecule has 43 heavy (non-hydrogen) atoms. The summed E-state index contributed by atoms with van der Waals surface area (Å²) in [4.78, 5) is 31.5. The Kier molecular flexibility index (Phi) is 7.55. The highest BCUT2D eigenvalue weighted by atomic mass is 19.4. The number of carbonyl (C=O) groups excluding carboxylic acids is 2. The number of ether oxygens (including phenoxy) is 1. The summed E-state index contributed by atoms with van der Waals surface area (Å²) in [5.74, 6) is -3.44. The van der Waals surface area contributed by atoms with Crippen LogP contribution in [-0.4, -0.2) is 65.4 Å². The number of nitrogens with zero attached hydrogens (tertiary/aromatic N) is 3. The van der Waals surface area contributed by atoms with Crippen molar-refractivity contribution in [2.45, 2.75) is 74.7 Å². The Morgan fingerprint density at radius 1 is 1.23 bits per heavy atom. The van der Waals surface area contributed by atoms with Crippen molar-refractivity contribution >= 4 is 23.0 Å². The van der Waals surface area contributed by atoms with E-state index >= 15 is 0 Å². The fraction of sp³-hybridized carbons (Fsp3) is 0.571. The molecule has 2 aromatic heterocycles. The lowest BCUT2D eigenvalue weighted by molar-refractivity contribution is -0.150. The molecule has 3 atom stereocenters. The number of nitrogens with one attached hydrogen (secondary N) is 2.